The van der Waals surface area contributed by atoms with Gasteiger partial charge in [-0.1, -0.05) is 273 Å². The van der Waals surface area contributed by atoms with Gasteiger partial charge in [0.1, 0.15) is 19.3 Å². The van der Waals surface area contributed by atoms with Gasteiger partial charge in [0, 0.05) is 19.3 Å². The average molecular weight is 1490 g/mol. The minimum Gasteiger partial charge on any atom is -0.462 e. The summed E-state index contributed by atoms with van der Waals surface area (Å²) >= 11 is 0. The largest absolute Gasteiger partial charge is 0.472 e. The number of esters is 4. The summed E-state index contributed by atoms with van der Waals surface area (Å²) in [6.45, 7) is 4.23. The topological polar surface area (TPSA) is 237 Å². The Morgan fingerprint density at radius 1 is 0.288 bits per heavy atom. The molecule has 0 aliphatic rings. The van der Waals surface area contributed by atoms with Crippen molar-refractivity contribution in [3.63, 3.8) is 0 Å². The fourth-order valence-corrected chi connectivity index (χ4v) is 10.9. The number of phosphoric acid groups is 2. The van der Waals surface area contributed by atoms with Crippen LogP contribution in [0.3, 0.4) is 0 Å². The number of carbonyl (C=O) groups is 4. The molecule has 104 heavy (non-hydrogen) atoms. The highest BCUT2D eigenvalue weighted by Gasteiger charge is 2.30. The lowest BCUT2D eigenvalue weighted by Crippen LogP contribution is -2.30. The molecule has 0 saturated carbocycles. The molecule has 0 aromatic rings. The number of rotatable bonds is 70. The highest BCUT2D eigenvalue weighted by Crippen LogP contribution is 2.45. The Morgan fingerprint density at radius 3 is 0.894 bits per heavy atom. The van der Waals surface area contributed by atoms with E-state index < -0.39 is 97.5 Å². The standard InChI is InChI=1S/C85H134O17P2/c1-5-9-13-17-21-25-29-33-37-38-39-40-44-46-50-54-58-62-66-70-83(88)96-76-81(102-85(90)72-68-64-60-56-52-48-43-36-32-28-24-20-16-12-8-4)78-100-104(93,94)98-74-79(86)73-97-103(91,92)99-77-80(101-84(89)71-67-63-59-55-51-47-42-35-31-27-23-19-15-11-7-3)75-95-82(87)69-65-61-57-53-49-45-41-34-30-26-22-18-14-10-6-2/h9-10,12-14,16,21-28,33-37,39-43,46,49-50,53,58,61-62,65,79-81,86H,5-8,11,15,17-20,29-32,38,44-45,47-48,51-52,54-57,59-60,63-64,66-78H2,1-4H3,(H,91,92)(H,93,94)/b13-9-,14-10-,16-12-,25-21-,26-22-,27-23-,28-24-,37-33-,40-39-,41-34-,42-35-,43-36-,50-46-,53-49-,62-58-,65-61-. The third-order valence-electron chi connectivity index (χ3n) is 15.1. The molecule has 0 radical (unpaired) electrons. The van der Waals surface area contributed by atoms with Gasteiger partial charge in [-0.3, -0.25) is 37.3 Å². The van der Waals surface area contributed by atoms with Gasteiger partial charge in [0.2, 0.25) is 0 Å². The lowest BCUT2D eigenvalue weighted by Gasteiger charge is -2.21. The molecule has 0 bridgehead atoms. The van der Waals surface area contributed by atoms with E-state index in [1.807, 2.05) is 36.5 Å². The maximum Gasteiger partial charge on any atom is 0.472 e. The second-order valence-electron chi connectivity index (χ2n) is 24.8. The lowest BCUT2D eigenvalue weighted by molar-refractivity contribution is -0.161. The molecule has 17 nitrogen and oxygen atoms in total. The Kier molecular flexibility index (Phi) is 70.7. The zero-order valence-corrected chi connectivity index (χ0v) is 65.6. The molecule has 0 aliphatic carbocycles. The molecule has 0 fully saturated rings. The van der Waals surface area contributed by atoms with E-state index in [1.54, 1.807) is 6.08 Å². The van der Waals surface area contributed by atoms with Gasteiger partial charge >= 0.3 is 39.5 Å². The monoisotopic (exact) mass is 1490 g/mol. The molecule has 0 saturated heterocycles. The van der Waals surface area contributed by atoms with Gasteiger partial charge in [0.15, 0.2) is 12.2 Å². The van der Waals surface area contributed by atoms with E-state index in [1.165, 1.54) is 19.3 Å². The lowest BCUT2D eigenvalue weighted by atomic mass is 10.1. The van der Waals surface area contributed by atoms with Crippen LogP contribution in [0.2, 0.25) is 0 Å². The second-order valence-corrected chi connectivity index (χ2v) is 27.7. The summed E-state index contributed by atoms with van der Waals surface area (Å²) in [6.07, 6.45) is 91.8. The van der Waals surface area contributed by atoms with Crippen molar-refractivity contribution in [1.82, 2.24) is 0 Å². The summed E-state index contributed by atoms with van der Waals surface area (Å²) in [6, 6.07) is 0. The van der Waals surface area contributed by atoms with Crippen molar-refractivity contribution in [2.75, 3.05) is 39.6 Å². The Hall–Kier alpha value is -6.10. The van der Waals surface area contributed by atoms with Crippen LogP contribution >= 0.6 is 15.6 Å². The quantitative estimate of drug-likeness (QED) is 0.0169. The third-order valence-corrected chi connectivity index (χ3v) is 17.0. The highest BCUT2D eigenvalue weighted by atomic mass is 31.2. The van der Waals surface area contributed by atoms with Crippen LogP contribution in [0.15, 0.2) is 194 Å². The Bertz CT molecular complexity index is 2740. The van der Waals surface area contributed by atoms with Crippen LogP contribution in [-0.2, 0) is 65.4 Å². The number of ether oxygens (including phenoxy) is 4. The van der Waals surface area contributed by atoms with Crippen LogP contribution in [0, 0.1) is 0 Å². The van der Waals surface area contributed by atoms with Gasteiger partial charge in [0.05, 0.1) is 32.8 Å². The van der Waals surface area contributed by atoms with Crippen LogP contribution < -0.4 is 0 Å². The van der Waals surface area contributed by atoms with Gasteiger partial charge in [0.25, 0.3) is 0 Å². The van der Waals surface area contributed by atoms with E-state index in [4.69, 9.17) is 37.0 Å². The zero-order valence-electron chi connectivity index (χ0n) is 63.9. The first-order chi connectivity index (χ1) is 50.7. The van der Waals surface area contributed by atoms with Gasteiger partial charge in [-0.25, -0.2) is 9.13 Å². The first-order valence-corrected chi connectivity index (χ1v) is 41.7. The highest BCUT2D eigenvalue weighted by molar-refractivity contribution is 7.47. The number of allylic oxidation sites excluding steroid dienone is 31. The summed E-state index contributed by atoms with van der Waals surface area (Å²) in [4.78, 5) is 72.9. The number of hydrogen-bond donors (Lipinski definition) is 3. The molecule has 3 N–H and O–H groups in total. The summed E-state index contributed by atoms with van der Waals surface area (Å²) in [5.74, 6) is -2.48. The van der Waals surface area contributed by atoms with Crippen LogP contribution in [0.5, 0.6) is 0 Å². The van der Waals surface area contributed by atoms with Crippen LogP contribution in [0.1, 0.15) is 259 Å². The fraction of sp³-hybridized carbons (Fsp3) is 0.576. The maximum absolute atomic E-state index is 13.1. The van der Waals surface area contributed by atoms with Crippen molar-refractivity contribution in [3.8, 4) is 0 Å². The van der Waals surface area contributed by atoms with Crippen molar-refractivity contribution in [1.29, 1.82) is 0 Å². The molecule has 0 heterocycles. The Balaban J connectivity index is 5.54. The van der Waals surface area contributed by atoms with Crippen LogP contribution in [-0.4, -0.2) is 96.7 Å². The van der Waals surface area contributed by atoms with Crippen LogP contribution in [0.4, 0.5) is 0 Å². The summed E-state index contributed by atoms with van der Waals surface area (Å²) in [7, 11) is -10.0. The van der Waals surface area contributed by atoms with Gasteiger partial charge in [-0.2, -0.15) is 0 Å². The Labute approximate surface area is 627 Å². The van der Waals surface area contributed by atoms with Gasteiger partial charge < -0.3 is 33.8 Å². The maximum atomic E-state index is 13.1. The first-order valence-electron chi connectivity index (χ1n) is 38.7. The second kappa shape index (κ2) is 75.1. The molecule has 5 unspecified atom stereocenters. The van der Waals surface area contributed by atoms with E-state index in [9.17, 15) is 43.2 Å². The summed E-state index contributed by atoms with van der Waals surface area (Å²) < 4.78 is 68.3. The normalized spacial score (nSPS) is 15.0. The van der Waals surface area contributed by atoms with E-state index in [-0.39, 0.29) is 25.7 Å². The molecular weight excluding hydrogens is 1350 g/mol. The first kappa shape index (κ1) is 97.9. The van der Waals surface area contributed by atoms with Crippen molar-refractivity contribution in [3.05, 3.63) is 194 Å². The molecule has 19 heteroatoms. The Morgan fingerprint density at radius 2 is 0.558 bits per heavy atom. The van der Waals surface area contributed by atoms with Crippen molar-refractivity contribution >= 4 is 39.5 Å². The molecule has 0 aromatic heterocycles. The number of unbranched alkanes of at least 4 members (excludes halogenated alkanes) is 13. The number of aliphatic hydroxyl groups is 1. The predicted molar refractivity (Wildman–Crippen MR) is 426 cm³/mol. The fourth-order valence-electron chi connectivity index (χ4n) is 9.30. The summed E-state index contributed by atoms with van der Waals surface area (Å²) in [5.41, 5.74) is 0. The van der Waals surface area contributed by atoms with Crippen molar-refractivity contribution < 1.29 is 80.2 Å². The molecule has 0 rings (SSSR count). The van der Waals surface area contributed by atoms with Crippen molar-refractivity contribution in [2.45, 2.75) is 277 Å². The van der Waals surface area contributed by atoms with Gasteiger partial charge in [-0.05, 0) is 154 Å². The van der Waals surface area contributed by atoms with E-state index in [0.717, 1.165) is 154 Å². The average Bonchev–Trinajstić information content (AvgIpc) is 0.918. The molecule has 0 spiro atoms. The summed E-state index contributed by atoms with van der Waals surface area (Å²) in [5, 5.41) is 10.6. The predicted octanol–water partition coefficient (Wildman–Crippen LogP) is 22.5. The minimum atomic E-state index is -5.01. The zero-order chi connectivity index (χ0) is 76.0. The van der Waals surface area contributed by atoms with Crippen LogP contribution in [0.25, 0.3) is 0 Å². The van der Waals surface area contributed by atoms with Gasteiger partial charge in [-0.15, -0.1) is 0 Å². The van der Waals surface area contributed by atoms with Crippen molar-refractivity contribution in [2.24, 2.45) is 0 Å². The SMILES string of the molecule is CC/C=C\C/C=C\C/C=C\C/C=C\C/C=C\C/C=C\CCC(=O)OCC(COP(=O)(O)OCC(O)COP(=O)(O)OCC(COC(=O)C/C=C\C/C=C\C/C=C\C/C=C\C/C=C\CC)OC(=O)CCCCCCC/C=C\C/C=C\CCCCC)OC(=O)CCCCCCC/C=C\C/C=C\C/C=C\CC. The minimum absolute atomic E-state index is 0.0223. The molecule has 5 atom stereocenters. The number of hydrogen-bond acceptors (Lipinski definition) is 15. The molecule has 0 aliphatic heterocycles. The third kappa shape index (κ3) is 74.2. The molecule has 0 amide bonds. The number of phosphoric ester groups is 2. The molecule has 586 valence electrons. The molecular formula is C85H134O17P2. The smallest absolute Gasteiger partial charge is 0.462 e. The van der Waals surface area contributed by atoms with E-state index in [2.05, 4.69) is 180 Å². The number of aliphatic hydroxyl groups excluding tert-OH is 1. The molecule has 0 aromatic carbocycles. The number of carbonyl (C=O) groups excluding carboxylic acids is 4. The van der Waals surface area contributed by atoms with E-state index >= 15 is 0 Å². The van der Waals surface area contributed by atoms with E-state index in [0.29, 0.717) is 32.1 Å².